The Balaban J connectivity index is 1.40. The number of nitrogens with one attached hydrogen (secondary N) is 1. The van der Waals surface area contributed by atoms with Gasteiger partial charge in [-0.1, -0.05) is 36.4 Å². The molecule has 0 unspecified atom stereocenters. The van der Waals surface area contributed by atoms with Crippen LogP contribution >= 0.6 is 0 Å². The van der Waals surface area contributed by atoms with Crippen molar-refractivity contribution in [3.63, 3.8) is 0 Å². The van der Waals surface area contributed by atoms with Crippen molar-refractivity contribution in [1.82, 2.24) is 14.5 Å². The summed E-state index contributed by atoms with van der Waals surface area (Å²) in [5, 5.41) is 4.08. The first-order valence-corrected chi connectivity index (χ1v) is 11.6. The van der Waals surface area contributed by atoms with Gasteiger partial charge < -0.3 is 19.7 Å². The van der Waals surface area contributed by atoms with Gasteiger partial charge in [0.1, 0.15) is 12.0 Å². The van der Waals surface area contributed by atoms with E-state index in [2.05, 4.69) is 38.0 Å². The minimum absolute atomic E-state index is 0.0639. The highest BCUT2D eigenvalue weighted by Gasteiger charge is 2.42. The number of aromatic nitrogens is 2. The molecule has 7 nitrogen and oxygen atoms in total. The number of pyridine rings is 1. The van der Waals surface area contributed by atoms with Crippen LogP contribution in [0.25, 0.3) is 10.9 Å². The maximum absolute atomic E-state index is 13.4. The number of rotatable bonds is 4. The maximum Gasteiger partial charge on any atom is 0.257 e. The molecule has 2 amide bonds. The molecule has 0 saturated heterocycles. The zero-order valence-electron chi connectivity index (χ0n) is 18.9. The Hall–Kier alpha value is -4.13. The van der Waals surface area contributed by atoms with Gasteiger partial charge in [0.15, 0.2) is 0 Å². The summed E-state index contributed by atoms with van der Waals surface area (Å²) in [5.74, 6) is 0.526. The molecule has 6 rings (SSSR count). The smallest absolute Gasteiger partial charge is 0.257 e. The first-order chi connectivity index (χ1) is 16.6. The van der Waals surface area contributed by atoms with Crippen LogP contribution in [0, 0.1) is 0 Å². The van der Waals surface area contributed by atoms with E-state index in [0.717, 1.165) is 28.9 Å². The summed E-state index contributed by atoms with van der Waals surface area (Å²) in [4.78, 5) is 34.5. The number of para-hydroxylation sites is 2. The van der Waals surface area contributed by atoms with Crippen molar-refractivity contribution in [1.29, 1.82) is 0 Å². The molecule has 7 heteroatoms. The fraction of sp³-hybridized carbons (Fsp3) is 0.222. The van der Waals surface area contributed by atoms with Gasteiger partial charge in [0.05, 0.1) is 16.9 Å². The van der Waals surface area contributed by atoms with Crippen molar-refractivity contribution < 1.29 is 9.59 Å². The van der Waals surface area contributed by atoms with Gasteiger partial charge in [0.2, 0.25) is 5.91 Å². The molecule has 2 aromatic carbocycles. The van der Waals surface area contributed by atoms with Gasteiger partial charge in [0.25, 0.3) is 5.91 Å². The predicted molar refractivity (Wildman–Crippen MR) is 132 cm³/mol. The number of anilines is 2. The monoisotopic (exact) mass is 451 g/mol. The van der Waals surface area contributed by atoms with Gasteiger partial charge in [0, 0.05) is 43.7 Å². The number of amides is 2. The number of fused-ring (bicyclic) bond motifs is 6. The van der Waals surface area contributed by atoms with E-state index in [4.69, 9.17) is 0 Å². The SMILES string of the molecule is CN1c2ccccc2C(=O)N2CCc3c(n(CCC(=O)Nc4ccccn4)c4ccccc34)[C@@H]21. The highest BCUT2D eigenvalue weighted by molar-refractivity contribution is 6.02. The van der Waals surface area contributed by atoms with Crippen molar-refractivity contribution in [3.05, 3.63) is 89.7 Å². The van der Waals surface area contributed by atoms with E-state index < -0.39 is 0 Å². The van der Waals surface area contributed by atoms with Crippen molar-refractivity contribution in [3.8, 4) is 0 Å². The molecule has 0 bridgehead atoms. The number of benzene rings is 2. The zero-order chi connectivity index (χ0) is 23.2. The lowest BCUT2D eigenvalue weighted by Crippen LogP contribution is -2.51. The summed E-state index contributed by atoms with van der Waals surface area (Å²) in [6.07, 6.45) is 2.55. The predicted octanol–water partition coefficient (Wildman–Crippen LogP) is 4.21. The molecular weight excluding hydrogens is 426 g/mol. The highest BCUT2D eigenvalue weighted by atomic mass is 16.2. The van der Waals surface area contributed by atoms with E-state index in [-0.39, 0.29) is 18.0 Å². The lowest BCUT2D eigenvalue weighted by Gasteiger charge is -2.46. The summed E-state index contributed by atoms with van der Waals surface area (Å²) in [6.45, 7) is 1.19. The largest absolute Gasteiger partial charge is 0.349 e. The summed E-state index contributed by atoms with van der Waals surface area (Å²) >= 11 is 0. The van der Waals surface area contributed by atoms with Crippen LogP contribution in [-0.2, 0) is 17.8 Å². The third kappa shape index (κ3) is 3.15. The van der Waals surface area contributed by atoms with Crippen LogP contribution in [0.4, 0.5) is 11.5 Å². The Morgan fingerprint density at radius 3 is 2.71 bits per heavy atom. The Bertz CT molecular complexity index is 1410. The second-order valence-corrected chi connectivity index (χ2v) is 8.80. The van der Waals surface area contributed by atoms with Crippen LogP contribution in [0.1, 0.15) is 34.2 Å². The van der Waals surface area contributed by atoms with Gasteiger partial charge in [-0.25, -0.2) is 4.98 Å². The van der Waals surface area contributed by atoms with Gasteiger partial charge in [-0.3, -0.25) is 9.59 Å². The summed E-state index contributed by atoms with van der Waals surface area (Å²) in [5.41, 5.74) is 5.14. The van der Waals surface area contributed by atoms with Crippen LogP contribution in [0.2, 0.25) is 0 Å². The minimum Gasteiger partial charge on any atom is -0.349 e. The van der Waals surface area contributed by atoms with E-state index in [1.807, 2.05) is 54.4 Å². The molecule has 0 radical (unpaired) electrons. The fourth-order valence-electron chi connectivity index (χ4n) is 5.40. The molecule has 170 valence electrons. The van der Waals surface area contributed by atoms with Gasteiger partial charge in [-0.2, -0.15) is 0 Å². The van der Waals surface area contributed by atoms with Gasteiger partial charge >= 0.3 is 0 Å². The summed E-state index contributed by atoms with van der Waals surface area (Å²) in [7, 11) is 2.05. The fourth-order valence-corrected chi connectivity index (χ4v) is 5.40. The lowest BCUT2D eigenvalue weighted by atomic mass is 9.96. The average molecular weight is 452 g/mol. The van der Waals surface area contributed by atoms with Crippen LogP contribution in [0.5, 0.6) is 0 Å². The van der Waals surface area contributed by atoms with Crippen LogP contribution in [0.3, 0.4) is 0 Å². The third-order valence-corrected chi connectivity index (χ3v) is 6.90. The number of nitrogens with zero attached hydrogens (tertiary/aromatic N) is 4. The second-order valence-electron chi connectivity index (χ2n) is 8.80. The van der Waals surface area contributed by atoms with Crippen molar-refractivity contribution in [2.75, 3.05) is 23.8 Å². The molecule has 0 saturated carbocycles. The minimum atomic E-state index is -0.211. The molecule has 2 aliphatic heterocycles. The molecule has 34 heavy (non-hydrogen) atoms. The average Bonchev–Trinajstić information content (AvgIpc) is 3.20. The Kier molecular flexibility index (Phi) is 4.83. The molecule has 4 aromatic rings. The molecule has 0 aliphatic carbocycles. The molecule has 4 heterocycles. The summed E-state index contributed by atoms with van der Waals surface area (Å²) in [6, 6.07) is 21.6. The topological polar surface area (TPSA) is 70.5 Å². The van der Waals surface area contributed by atoms with E-state index in [1.165, 1.54) is 10.9 Å². The van der Waals surface area contributed by atoms with Crippen molar-refractivity contribution in [2.45, 2.75) is 25.6 Å². The maximum atomic E-state index is 13.4. The van der Waals surface area contributed by atoms with E-state index >= 15 is 0 Å². The van der Waals surface area contributed by atoms with Crippen LogP contribution in [0.15, 0.2) is 72.9 Å². The van der Waals surface area contributed by atoms with E-state index in [9.17, 15) is 9.59 Å². The number of carbonyl (C=O) groups excluding carboxylic acids is 2. The Morgan fingerprint density at radius 1 is 1.06 bits per heavy atom. The number of aryl methyl sites for hydroxylation is 1. The highest BCUT2D eigenvalue weighted by Crippen LogP contribution is 2.44. The first kappa shape index (κ1) is 20.5. The summed E-state index contributed by atoms with van der Waals surface area (Å²) < 4.78 is 2.23. The van der Waals surface area contributed by atoms with Crippen LogP contribution < -0.4 is 10.2 Å². The molecule has 1 atom stereocenters. The zero-order valence-corrected chi connectivity index (χ0v) is 18.9. The van der Waals surface area contributed by atoms with E-state index in [0.29, 0.717) is 25.3 Å². The number of hydrogen-bond donors (Lipinski definition) is 1. The quantitative estimate of drug-likeness (QED) is 0.505. The second kappa shape index (κ2) is 8.02. The van der Waals surface area contributed by atoms with Gasteiger partial charge in [-0.15, -0.1) is 0 Å². The van der Waals surface area contributed by atoms with E-state index in [1.54, 1.807) is 12.3 Å². The normalized spacial score (nSPS) is 16.7. The van der Waals surface area contributed by atoms with Crippen molar-refractivity contribution in [2.24, 2.45) is 0 Å². The molecule has 1 N–H and O–H groups in total. The molecule has 2 aromatic heterocycles. The van der Waals surface area contributed by atoms with Crippen LogP contribution in [-0.4, -0.2) is 39.9 Å². The molecule has 0 fully saturated rings. The standard InChI is InChI=1S/C27H25N5O2/c1-30-21-10-4-3-9-20(21)27(34)32-16-13-19-18-8-2-5-11-22(18)31(25(19)26(30)32)17-14-24(33)29-23-12-6-7-15-28-23/h2-12,15,26H,13-14,16-17H2,1H3,(H,28,29,33)/t26-/m1/s1. The Labute approximate surface area is 197 Å². The first-order valence-electron chi connectivity index (χ1n) is 11.6. The molecule has 2 aliphatic rings. The van der Waals surface area contributed by atoms with Gasteiger partial charge in [-0.05, 0) is 42.3 Å². The van der Waals surface area contributed by atoms with Crippen molar-refractivity contribution >= 4 is 34.2 Å². The molecular formula is C27H25N5O2. The molecule has 0 spiro atoms. The Morgan fingerprint density at radius 2 is 1.85 bits per heavy atom. The third-order valence-electron chi connectivity index (χ3n) is 6.90. The number of carbonyl (C=O) groups is 2. The lowest BCUT2D eigenvalue weighted by molar-refractivity contribution is -0.116. The number of hydrogen-bond acceptors (Lipinski definition) is 4.